The van der Waals surface area contributed by atoms with Crippen molar-refractivity contribution in [2.45, 2.75) is 31.8 Å². The summed E-state index contributed by atoms with van der Waals surface area (Å²) in [5.41, 5.74) is 4.41. The Kier molecular flexibility index (Phi) is 2.62. The molecule has 0 amide bonds. The van der Waals surface area contributed by atoms with Crippen molar-refractivity contribution in [3.05, 3.63) is 53.6 Å². The minimum atomic E-state index is 0.275. The van der Waals surface area contributed by atoms with Crippen molar-refractivity contribution in [1.82, 2.24) is 0 Å². The molecule has 0 N–H and O–H groups in total. The molecule has 0 radical (unpaired) electrons. The van der Waals surface area contributed by atoms with E-state index in [0.29, 0.717) is 12.5 Å². The molecule has 0 aliphatic heterocycles. The summed E-state index contributed by atoms with van der Waals surface area (Å²) in [6.07, 6.45) is 4.29. The number of benzene rings is 2. The molecule has 2 aliphatic rings. The summed E-state index contributed by atoms with van der Waals surface area (Å²) < 4.78 is 5.84. The van der Waals surface area contributed by atoms with Crippen molar-refractivity contribution in [2.75, 3.05) is 0 Å². The first kappa shape index (κ1) is 11.7. The summed E-state index contributed by atoms with van der Waals surface area (Å²) >= 11 is 0. The van der Waals surface area contributed by atoms with Crippen LogP contribution >= 0.6 is 0 Å². The van der Waals surface area contributed by atoms with Crippen molar-refractivity contribution in [1.29, 1.82) is 0 Å². The second kappa shape index (κ2) is 4.48. The van der Waals surface area contributed by atoms with Crippen LogP contribution in [0.3, 0.4) is 0 Å². The Bertz CT molecular complexity index is 684. The van der Waals surface area contributed by atoms with Gasteiger partial charge in [-0.2, -0.15) is 0 Å². The lowest BCUT2D eigenvalue weighted by atomic mass is 10.0. The van der Waals surface area contributed by atoms with Crippen LogP contribution in [0.25, 0.3) is 11.1 Å². The fourth-order valence-electron chi connectivity index (χ4n) is 2.76. The van der Waals surface area contributed by atoms with Crippen molar-refractivity contribution < 1.29 is 9.53 Å². The number of ether oxygens (including phenoxy) is 1. The maximum atomic E-state index is 11.7. The van der Waals surface area contributed by atoms with E-state index >= 15 is 0 Å². The van der Waals surface area contributed by atoms with Crippen LogP contribution in [0.1, 0.15) is 35.2 Å². The highest BCUT2D eigenvalue weighted by Crippen LogP contribution is 2.32. The molecule has 0 aromatic heterocycles. The standard InChI is InChI=1S/C18H16O2/c19-18-9-5-14-10-13(4-8-17(14)18)12-2-1-3-16(11-12)20-15-6-7-15/h1-4,8,10-11,15H,5-7,9H2. The third-order valence-corrected chi connectivity index (χ3v) is 4.02. The van der Waals surface area contributed by atoms with Gasteiger partial charge in [0.2, 0.25) is 0 Å². The molecule has 2 nitrogen and oxygen atoms in total. The predicted octanol–water partition coefficient (Wildman–Crippen LogP) is 4.02. The highest BCUT2D eigenvalue weighted by Gasteiger charge is 2.23. The molecule has 0 saturated heterocycles. The number of hydrogen-bond donors (Lipinski definition) is 0. The van der Waals surface area contributed by atoms with Crippen LogP contribution < -0.4 is 4.74 Å². The van der Waals surface area contributed by atoms with E-state index in [0.717, 1.165) is 23.3 Å². The average Bonchev–Trinajstić information content (AvgIpc) is 3.21. The Hall–Kier alpha value is -2.09. The minimum absolute atomic E-state index is 0.275. The maximum absolute atomic E-state index is 11.7. The van der Waals surface area contributed by atoms with Gasteiger partial charge in [-0.25, -0.2) is 0 Å². The van der Waals surface area contributed by atoms with Crippen molar-refractivity contribution >= 4 is 5.78 Å². The zero-order chi connectivity index (χ0) is 13.5. The van der Waals surface area contributed by atoms with Crippen LogP contribution in [-0.2, 0) is 6.42 Å². The molecule has 0 heterocycles. The lowest BCUT2D eigenvalue weighted by Gasteiger charge is -2.08. The second-order valence-electron chi connectivity index (χ2n) is 5.64. The maximum Gasteiger partial charge on any atom is 0.163 e. The van der Waals surface area contributed by atoms with Crippen LogP contribution in [-0.4, -0.2) is 11.9 Å². The number of ketones is 1. The number of Topliss-reactive ketones (excluding diaryl/α,β-unsaturated/α-hetero) is 1. The normalized spacial score (nSPS) is 17.1. The molecule has 0 unspecified atom stereocenters. The van der Waals surface area contributed by atoms with Gasteiger partial charge >= 0.3 is 0 Å². The Morgan fingerprint density at radius 2 is 1.80 bits per heavy atom. The highest BCUT2D eigenvalue weighted by molar-refractivity contribution is 6.00. The second-order valence-corrected chi connectivity index (χ2v) is 5.64. The first-order valence-electron chi connectivity index (χ1n) is 7.23. The molecular formula is C18H16O2. The van der Waals surface area contributed by atoms with Gasteiger partial charge in [0.1, 0.15) is 5.75 Å². The van der Waals surface area contributed by atoms with E-state index in [4.69, 9.17) is 4.74 Å². The highest BCUT2D eigenvalue weighted by atomic mass is 16.5. The molecule has 20 heavy (non-hydrogen) atoms. The summed E-state index contributed by atoms with van der Waals surface area (Å²) in [6.45, 7) is 0. The molecule has 1 saturated carbocycles. The number of fused-ring (bicyclic) bond motifs is 1. The first-order chi connectivity index (χ1) is 9.79. The number of aryl methyl sites for hydroxylation is 1. The molecule has 100 valence electrons. The van der Waals surface area contributed by atoms with Crippen LogP contribution in [0, 0.1) is 0 Å². The van der Waals surface area contributed by atoms with Crippen LogP contribution in [0.4, 0.5) is 0 Å². The summed E-state index contributed by atoms with van der Waals surface area (Å²) in [5.74, 6) is 1.22. The number of carbonyl (C=O) groups is 1. The van der Waals surface area contributed by atoms with Crippen LogP contribution in [0.5, 0.6) is 5.75 Å². The Labute approximate surface area is 118 Å². The quantitative estimate of drug-likeness (QED) is 0.836. The number of rotatable bonds is 3. The molecule has 1 fully saturated rings. The van der Waals surface area contributed by atoms with Gasteiger partial charge in [-0.05, 0) is 48.1 Å². The van der Waals surface area contributed by atoms with Crippen molar-refractivity contribution in [2.24, 2.45) is 0 Å². The van der Waals surface area contributed by atoms with E-state index in [2.05, 4.69) is 18.2 Å². The molecule has 0 bridgehead atoms. The van der Waals surface area contributed by atoms with Gasteiger partial charge < -0.3 is 4.74 Å². The van der Waals surface area contributed by atoms with Gasteiger partial charge in [0.25, 0.3) is 0 Å². The molecule has 2 aromatic rings. The SMILES string of the molecule is O=C1CCc2cc(-c3cccc(OC4CC4)c3)ccc21. The zero-order valence-electron chi connectivity index (χ0n) is 11.3. The monoisotopic (exact) mass is 264 g/mol. The topological polar surface area (TPSA) is 26.3 Å². The van der Waals surface area contributed by atoms with Crippen molar-refractivity contribution in [3.8, 4) is 16.9 Å². The van der Waals surface area contributed by atoms with E-state index in [9.17, 15) is 4.79 Å². The van der Waals surface area contributed by atoms with Gasteiger partial charge in [-0.3, -0.25) is 4.79 Å². The predicted molar refractivity (Wildman–Crippen MR) is 78.2 cm³/mol. The summed E-state index contributed by atoms with van der Waals surface area (Å²) in [5, 5.41) is 0. The van der Waals surface area contributed by atoms with Crippen LogP contribution in [0.2, 0.25) is 0 Å². The molecule has 0 atom stereocenters. The fraction of sp³-hybridized carbons (Fsp3) is 0.278. The average molecular weight is 264 g/mol. The lowest BCUT2D eigenvalue weighted by Crippen LogP contribution is -1.95. The number of hydrogen-bond acceptors (Lipinski definition) is 2. The van der Waals surface area contributed by atoms with E-state index in [1.54, 1.807) is 0 Å². The molecule has 2 aromatic carbocycles. The van der Waals surface area contributed by atoms with Gasteiger partial charge in [-0.15, -0.1) is 0 Å². The molecule has 4 rings (SSSR count). The molecular weight excluding hydrogens is 248 g/mol. The smallest absolute Gasteiger partial charge is 0.163 e. The fourth-order valence-corrected chi connectivity index (χ4v) is 2.76. The van der Waals surface area contributed by atoms with Gasteiger partial charge in [0.15, 0.2) is 5.78 Å². The van der Waals surface area contributed by atoms with Crippen LogP contribution in [0.15, 0.2) is 42.5 Å². The first-order valence-corrected chi connectivity index (χ1v) is 7.23. The number of carbonyl (C=O) groups excluding carboxylic acids is 1. The largest absolute Gasteiger partial charge is 0.490 e. The van der Waals surface area contributed by atoms with E-state index in [-0.39, 0.29) is 5.78 Å². The molecule has 2 heteroatoms. The van der Waals surface area contributed by atoms with E-state index in [1.165, 1.54) is 24.0 Å². The third-order valence-electron chi connectivity index (χ3n) is 4.02. The summed E-state index contributed by atoms with van der Waals surface area (Å²) in [7, 11) is 0. The van der Waals surface area contributed by atoms with Crippen molar-refractivity contribution in [3.63, 3.8) is 0 Å². The van der Waals surface area contributed by atoms with E-state index in [1.807, 2.05) is 24.3 Å². The Morgan fingerprint density at radius 3 is 2.65 bits per heavy atom. The van der Waals surface area contributed by atoms with Gasteiger partial charge in [0, 0.05) is 12.0 Å². The Morgan fingerprint density at radius 1 is 0.950 bits per heavy atom. The minimum Gasteiger partial charge on any atom is -0.490 e. The van der Waals surface area contributed by atoms with E-state index < -0.39 is 0 Å². The zero-order valence-corrected chi connectivity index (χ0v) is 11.3. The Balaban J connectivity index is 1.68. The summed E-state index contributed by atoms with van der Waals surface area (Å²) in [4.78, 5) is 11.7. The van der Waals surface area contributed by atoms with Gasteiger partial charge in [-0.1, -0.05) is 30.3 Å². The molecule has 2 aliphatic carbocycles. The third kappa shape index (κ3) is 2.11. The lowest BCUT2D eigenvalue weighted by molar-refractivity contribution is 0.0994. The van der Waals surface area contributed by atoms with Gasteiger partial charge in [0.05, 0.1) is 6.10 Å². The summed E-state index contributed by atoms with van der Waals surface area (Å²) in [6, 6.07) is 14.4. The molecule has 0 spiro atoms.